The second-order valence-electron chi connectivity index (χ2n) is 7.27. The van der Waals surface area contributed by atoms with Gasteiger partial charge >= 0.3 is 0 Å². The molecule has 2 aromatic rings. The van der Waals surface area contributed by atoms with Gasteiger partial charge in [-0.3, -0.25) is 0 Å². The Morgan fingerprint density at radius 1 is 0.457 bits per heavy atom. The minimum Gasteiger partial charge on any atom is -0.429 e. The van der Waals surface area contributed by atoms with E-state index in [1.165, 1.54) is 107 Å². The maximum atomic E-state index is 4.83. The first-order valence-corrected chi connectivity index (χ1v) is 17.3. The fraction of sp³-hybridized carbons (Fsp3) is 0.727. The van der Waals surface area contributed by atoms with E-state index < -0.39 is 0 Å². The van der Waals surface area contributed by atoms with Gasteiger partial charge in [0, 0.05) is 19.5 Å². The van der Waals surface area contributed by atoms with Gasteiger partial charge in [-0.25, -0.2) is 0 Å². The molecule has 0 bridgehead atoms. The van der Waals surface area contributed by atoms with Crippen LogP contribution in [0.1, 0.15) is 55.4 Å². The molecule has 0 N–H and O–H groups in total. The molecule has 0 spiro atoms. The molecule has 0 aliphatic rings. The maximum absolute atomic E-state index is 4.83. The smallest absolute Gasteiger partial charge is 0.0757 e. The third-order valence-electron chi connectivity index (χ3n) is 6.40. The summed E-state index contributed by atoms with van der Waals surface area (Å²) >= 11 is 34.6. The minimum absolute atomic E-state index is 0. The van der Waals surface area contributed by atoms with Crippen molar-refractivity contribution in [2.75, 3.05) is 52.4 Å². The summed E-state index contributed by atoms with van der Waals surface area (Å²) in [5.41, 5.74) is 0. The van der Waals surface area contributed by atoms with Gasteiger partial charge in [-0.15, -0.1) is 41.3 Å². The summed E-state index contributed by atoms with van der Waals surface area (Å²) in [5.74, 6) is 0. The van der Waals surface area contributed by atoms with Crippen molar-refractivity contribution in [1.29, 1.82) is 0 Å². The van der Waals surface area contributed by atoms with Gasteiger partial charge in [0.15, 0.2) is 0 Å². The molecule has 0 saturated heterocycles. The molecule has 0 unspecified atom stereocenters. The van der Waals surface area contributed by atoms with Crippen LogP contribution in [0.3, 0.4) is 0 Å². The van der Waals surface area contributed by atoms with Crippen molar-refractivity contribution in [3.63, 3.8) is 0 Å². The number of nitrogens with zero attached hydrogens (tertiary/aromatic N) is 2. The molecule has 2 aromatic heterocycles. The Labute approximate surface area is 276 Å². The van der Waals surface area contributed by atoms with Crippen LogP contribution in [0.4, 0.5) is 0 Å². The zero-order valence-electron chi connectivity index (χ0n) is 22.3. The van der Waals surface area contributed by atoms with E-state index in [-0.39, 0.29) is 19.5 Å². The summed E-state index contributed by atoms with van der Waals surface area (Å²) in [7, 11) is 0. The fourth-order valence-electron chi connectivity index (χ4n) is 3.19. The average molecular weight is 719 g/mol. The normalized spacial score (nSPS) is 10.5. The Kier molecular flexibility index (Phi) is 26.9. The molecule has 2 nitrogen and oxygen atoms in total. The van der Waals surface area contributed by atoms with Gasteiger partial charge in [0.2, 0.25) is 0 Å². The summed E-state index contributed by atoms with van der Waals surface area (Å²) in [6.45, 7) is 28.4. The van der Waals surface area contributed by atoms with E-state index in [1.807, 2.05) is 0 Å². The van der Waals surface area contributed by atoms with Crippen LogP contribution in [-0.4, -0.2) is 61.3 Å². The number of rotatable bonds is 8. The molecule has 0 fully saturated rings. The van der Waals surface area contributed by atoms with Crippen LogP contribution >= 0.6 is 69.8 Å². The molecule has 0 aromatic carbocycles. The van der Waals surface area contributed by atoms with E-state index >= 15 is 0 Å². The van der Waals surface area contributed by atoms with Crippen molar-refractivity contribution < 1.29 is 28.4 Å². The zero-order chi connectivity index (χ0) is 26.9. The molecule has 2 rings (SSSR count). The largest absolute Gasteiger partial charge is 0.429 e. The predicted octanol–water partition coefficient (Wildman–Crippen LogP) is 8.46. The number of quaternary nitrogens is 2. The molecule has 0 aliphatic heterocycles. The van der Waals surface area contributed by atoms with Gasteiger partial charge in [-0.2, -0.15) is 0 Å². The Morgan fingerprint density at radius 2 is 0.600 bits per heavy atom. The van der Waals surface area contributed by atoms with Crippen molar-refractivity contribution >= 4 is 120 Å². The molecule has 2 heterocycles. The Balaban J connectivity index is -0.000000387. The third kappa shape index (κ3) is 16.6. The molecule has 0 aliphatic carbocycles. The minimum atomic E-state index is 0. The Bertz CT molecular complexity index is 727. The summed E-state index contributed by atoms with van der Waals surface area (Å²) in [4.78, 5) is 0. The maximum Gasteiger partial charge on any atom is 0.0757 e. The van der Waals surface area contributed by atoms with E-state index in [1.54, 1.807) is 0 Å². The van der Waals surface area contributed by atoms with Crippen molar-refractivity contribution in [3.05, 3.63) is 6.28 Å². The first-order chi connectivity index (χ1) is 15.9. The topological polar surface area (TPSA) is 0 Å². The third-order valence-corrected chi connectivity index (χ3v) is 13.5. The summed E-state index contributed by atoms with van der Waals surface area (Å²) < 4.78 is 7.26. The molecule has 0 atom stereocenters. The Morgan fingerprint density at radius 3 is 0.629 bits per heavy atom. The van der Waals surface area contributed by atoms with E-state index in [0.29, 0.717) is 0 Å². The Hall–Kier alpha value is 1.96. The second-order valence-corrected chi connectivity index (χ2v) is 16.4. The SMILES string of the molecule is CC[N+](CC)(CC)CC.CC[N+](CC)(CC)CC.S=c1sc([S-])c([S-])s1.S=c1sc([S-])c([S-])s1.[Zn]. The summed E-state index contributed by atoms with van der Waals surface area (Å²) in [6.07, 6.45) is 0. The molecule has 35 heavy (non-hydrogen) atoms. The van der Waals surface area contributed by atoms with Crippen molar-refractivity contribution in [2.24, 2.45) is 0 Å². The standard InChI is InChI=1S/2C8H20N.2C3H2S5.Zn/c2*1-5-9(6-2,7-3)8-4;2*4-1-2(5)8-3(6)7-1;/h2*5-8H2,1-4H3;2*4-5H;/q2*+1;;;/p-4. The van der Waals surface area contributed by atoms with E-state index in [4.69, 9.17) is 75.0 Å². The monoisotopic (exact) mass is 716 g/mol. The number of hydrogen-bond acceptors (Lipinski definition) is 10. The molecule has 0 amide bonds. The van der Waals surface area contributed by atoms with Crippen molar-refractivity contribution in [1.82, 2.24) is 0 Å². The molecule has 13 heteroatoms. The van der Waals surface area contributed by atoms with Gasteiger partial charge in [0.1, 0.15) is 0 Å². The quantitative estimate of drug-likeness (QED) is 0.116. The van der Waals surface area contributed by atoms with Crippen LogP contribution in [0.15, 0.2) is 16.8 Å². The van der Waals surface area contributed by atoms with E-state index in [2.05, 4.69) is 55.4 Å². The molecule has 0 radical (unpaired) electrons. The molecule has 0 saturated carbocycles. The van der Waals surface area contributed by atoms with E-state index in [0.717, 1.165) is 23.1 Å². The molecular formula is C22H40N2S10Zn-2. The van der Waals surface area contributed by atoms with Crippen LogP contribution in [-0.2, 0) is 70.0 Å². The van der Waals surface area contributed by atoms with Gasteiger partial charge in [-0.05, 0) is 61.7 Å². The van der Waals surface area contributed by atoms with E-state index in [9.17, 15) is 0 Å². The van der Waals surface area contributed by atoms with Crippen molar-refractivity contribution in [2.45, 2.75) is 72.2 Å². The zero-order valence-corrected chi connectivity index (χ0v) is 33.5. The first-order valence-electron chi connectivity index (χ1n) is 11.5. The molecular weight excluding hydrogens is 678 g/mol. The molecule has 202 valence electrons. The van der Waals surface area contributed by atoms with Crippen LogP contribution in [0.5, 0.6) is 0 Å². The van der Waals surface area contributed by atoms with Crippen LogP contribution < -0.4 is 0 Å². The van der Waals surface area contributed by atoms with Gasteiger partial charge < -0.3 is 105 Å². The fourth-order valence-corrected chi connectivity index (χ4v) is 9.73. The van der Waals surface area contributed by atoms with Crippen molar-refractivity contribution in [3.8, 4) is 0 Å². The summed E-state index contributed by atoms with van der Waals surface area (Å²) in [6, 6.07) is 0. The van der Waals surface area contributed by atoms with Gasteiger partial charge in [-0.1, -0.05) is 0 Å². The van der Waals surface area contributed by atoms with Gasteiger partial charge in [0.05, 0.1) is 52.4 Å². The van der Waals surface area contributed by atoms with Crippen LogP contribution in [0.25, 0.3) is 0 Å². The van der Waals surface area contributed by atoms with Crippen LogP contribution in [0.2, 0.25) is 0 Å². The van der Waals surface area contributed by atoms with Crippen LogP contribution in [0, 0.1) is 6.28 Å². The number of hydrogen-bond donors (Lipinski definition) is 0. The predicted molar refractivity (Wildman–Crippen MR) is 173 cm³/mol. The summed E-state index contributed by atoms with van der Waals surface area (Å²) in [5, 5.41) is 0. The average Bonchev–Trinajstić information content (AvgIpc) is 3.29. The van der Waals surface area contributed by atoms with Gasteiger partial charge in [0.25, 0.3) is 0 Å². The first kappa shape index (κ1) is 41.4. The second kappa shape index (κ2) is 22.7.